The zero-order valence-electron chi connectivity index (χ0n) is 12.7. The third kappa shape index (κ3) is 3.46. The molecule has 0 spiro atoms. The summed E-state index contributed by atoms with van der Waals surface area (Å²) in [6, 6.07) is 20.7. The Kier molecular flexibility index (Phi) is 4.49. The van der Waals surface area contributed by atoms with Crippen molar-refractivity contribution in [2.75, 3.05) is 7.05 Å². The van der Waals surface area contributed by atoms with Crippen LogP contribution in [0.1, 0.15) is 16.1 Å². The Bertz CT molecular complexity index is 811. The van der Waals surface area contributed by atoms with Crippen molar-refractivity contribution in [3.63, 3.8) is 0 Å². The van der Waals surface area contributed by atoms with E-state index in [2.05, 4.69) is 0 Å². The average molecular weight is 326 g/mol. The maximum Gasteiger partial charge on any atom is 0.289 e. The zero-order valence-corrected chi connectivity index (χ0v) is 13.5. The van der Waals surface area contributed by atoms with Crippen molar-refractivity contribution in [1.29, 1.82) is 0 Å². The van der Waals surface area contributed by atoms with Crippen LogP contribution >= 0.6 is 11.6 Å². The third-order valence-corrected chi connectivity index (χ3v) is 3.89. The maximum absolute atomic E-state index is 12.5. The van der Waals surface area contributed by atoms with E-state index in [-0.39, 0.29) is 5.91 Å². The van der Waals surface area contributed by atoms with Crippen LogP contribution in [0.2, 0.25) is 5.02 Å². The number of rotatable bonds is 4. The van der Waals surface area contributed by atoms with Gasteiger partial charge in [0.25, 0.3) is 5.91 Å². The highest BCUT2D eigenvalue weighted by Gasteiger charge is 2.17. The zero-order chi connectivity index (χ0) is 16.2. The Hall–Kier alpha value is -2.52. The molecule has 3 nitrogen and oxygen atoms in total. The Morgan fingerprint density at radius 3 is 2.43 bits per heavy atom. The van der Waals surface area contributed by atoms with Crippen molar-refractivity contribution in [3.8, 4) is 11.3 Å². The number of hydrogen-bond donors (Lipinski definition) is 0. The molecule has 23 heavy (non-hydrogen) atoms. The van der Waals surface area contributed by atoms with E-state index in [1.54, 1.807) is 30.1 Å². The van der Waals surface area contributed by atoms with E-state index in [9.17, 15) is 4.79 Å². The number of furan rings is 1. The van der Waals surface area contributed by atoms with Crippen LogP contribution in [0.25, 0.3) is 11.3 Å². The molecule has 3 rings (SSSR count). The Labute approximate surface area is 140 Å². The monoisotopic (exact) mass is 325 g/mol. The molecular formula is C19H16ClNO2. The summed E-state index contributed by atoms with van der Waals surface area (Å²) in [5.74, 6) is 0.734. The van der Waals surface area contributed by atoms with Gasteiger partial charge in [0.2, 0.25) is 0 Å². The molecule has 116 valence electrons. The molecule has 1 heterocycles. The van der Waals surface area contributed by atoms with Gasteiger partial charge >= 0.3 is 0 Å². The maximum atomic E-state index is 12.5. The van der Waals surface area contributed by atoms with Gasteiger partial charge in [0.15, 0.2) is 5.76 Å². The molecular weight excluding hydrogens is 310 g/mol. The van der Waals surface area contributed by atoms with Crippen molar-refractivity contribution >= 4 is 17.5 Å². The van der Waals surface area contributed by atoms with E-state index in [1.165, 1.54) is 0 Å². The molecule has 4 heteroatoms. The van der Waals surface area contributed by atoms with Crippen molar-refractivity contribution in [1.82, 2.24) is 4.90 Å². The molecule has 0 aliphatic carbocycles. The molecule has 0 unspecified atom stereocenters. The lowest BCUT2D eigenvalue weighted by molar-refractivity contribution is 0.0754. The first kappa shape index (κ1) is 15.4. The van der Waals surface area contributed by atoms with Crippen LogP contribution in [0, 0.1) is 0 Å². The van der Waals surface area contributed by atoms with E-state index in [0.29, 0.717) is 23.1 Å². The Morgan fingerprint density at radius 2 is 1.70 bits per heavy atom. The van der Waals surface area contributed by atoms with Gasteiger partial charge in [-0.15, -0.1) is 0 Å². The molecule has 1 aromatic heterocycles. The minimum absolute atomic E-state index is 0.160. The van der Waals surface area contributed by atoms with Crippen molar-refractivity contribution in [2.45, 2.75) is 6.54 Å². The highest BCUT2D eigenvalue weighted by atomic mass is 35.5. The van der Waals surface area contributed by atoms with E-state index in [4.69, 9.17) is 16.0 Å². The molecule has 3 aromatic rings. The topological polar surface area (TPSA) is 33.5 Å². The lowest BCUT2D eigenvalue weighted by Crippen LogP contribution is -2.25. The number of nitrogens with zero attached hydrogens (tertiary/aromatic N) is 1. The van der Waals surface area contributed by atoms with Gasteiger partial charge < -0.3 is 9.32 Å². The molecule has 0 N–H and O–H groups in total. The molecule has 0 saturated carbocycles. The van der Waals surface area contributed by atoms with Gasteiger partial charge in [-0.25, -0.2) is 0 Å². The van der Waals surface area contributed by atoms with Gasteiger partial charge in [-0.3, -0.25) is 4.79 Å². The Balaban J connectivity index is 1.77. The highest BCUT2D eigenvalue weighted by molar-refractivity contribution is 6.33. The molecule has 0 aliphatic heterocycles. The molecule has 0 atom stereocenters. The molecule has 1 amide bonds. The standard InChI is InChI=1S/C19H16ClNO2/c1-21(13-14-7-3-2-4-8-14)19(22)18-12-11-17(23-18)15-9-5-6-10-16(15)20/h2-12H,13H2,1H3. The fourth-order valence-electron chi connectivity index (χ4n) is 2.38. The number of carbonyl (C=O) groups excluding carboxylic acids is 1. The number of amides is 1. The summed E-state index contributed by atoms with van der Waals surface area (Å²) in [5.41, 5.74) is 1.85. The van der Waals surface area contributed by atoms with Gasteiger partial charge in [0.1, 0.15) is 5.76 Å². The van der Waals surface area contributed by atoms with Crippen LogP contribution in [0.3, 0.4) is 0 Å². The summed E-state index contributed by atoms with van der Waals surface area (Å²) in [4.78, 5) is 14.1. The van der Waals surface area contributed by atoms with Gasteiger partial charge in [-0.2, -0.15) is 0 Å². The van der Waals surface area contributed by atoms with Crippen LogP contribution < -0.4 is 0 Å². The minimum atomic E-state index is -0.160. The second-order valence-electron chi connectivity index (χ2n) is 5.29. The predicted molar refractivity (Wildman–Crippen MR) is 91.4 cm³/mol. The first-order valence-electron chi connectivity index (χ1n) is 7.29. The summed E-state index contributed by atoms with van der Waals surface area (Å²) >= 11 is 6.16. The summed E-state index contributed by atoms with van der Waals surface area (Å²) in [7, 11) is 1.76. The Morgan fingerprint density at radius 1 is 1.00 bits per heavy atom. The van der Waals surface area contributed by atoms with Crippen LogP contribution in [0.5, 0.6) is 0 Å². The van der Waals surface area contributed by atoms with E-state index in [1.807, 2.05) is 48.5 Å². The fourth-order valence-corrected chi connectivity index (χ4v) is 2.60. The van der Waals surface area contributed by atoms with Crippen LogP contribution in [-0.4, -0.2) is 17.9 Å². The number of halogens is 1. The molecule has 0 bridgehead atoms. The highest BCUT2D eigenvalue weighted by Crippen LogP contribution is 2.29. The van der Waals surface area contributed by atoms with Crippen LogP contribution in [-0.2, 0) is 6.54 Å². The lowest BCUT2D eigenvalue weighted by atomic mass is 10.2. The molecule has 0 saturated heterocycles. The summed E-state index contributed by atoms with van der Waals surface area (Å²) in [5, 5.41) is 0.596. The van der Waals surface area contributed by atoms with Crippen molar-refractivity contribution in [3.05, 3.63) is 83.1 Å². The summed E-state index contributed by atoms with van der Waals surface area (Å²) in [6.45, 7) is 0.530. The minimum Gasteiger partial charge on any atom is -0.451 e. The predicted octanol–water partition coefficient (Wildman–Crippen LogP) is 4.87. The van der Waals surface area contributed by atoms with E-state index in [0.717, 1.165) is 11.1 Å². The number of hydrogen-bond acceptors (Lipinski definition) is 2. The largest absolute Gasteiger partial charge is 0.451 e. The van der Waals surface area contributed by atoms with Gasteiger partial charge in [0, 0.05) is 19.2 Å². The quantitative estimate of drug-likeness (QED) is 0.685. The lowest BCUT2D eigenvalue weighted by Gasteiger charge is -2.15. The molecule has 0 aliphatic rings. The molecule has 0 fully saturated rings. The molecule has 0 radical (unpaired) electrons. The first-order valence-corrected chi connectivity index (χ1v) is 7.67. The second kappa shape index (κ2) is 6.71. The summed E-state index contributed by atoms with van der Waals surface area (Å²) < 4.78 is 5.70. The van der Waals surface area contributed by atoms with E-state index < -0.39 is 0 Å². The van der Waals surface area contributed by atoms with E-state index >= 15 is 0 Å². The van der Waals surface area contributed by atoms with Crippen molar-refractivity contribution < 1.29 is 9.21 Å². The smallest absolute Gasteiger partial charge is 0.289 e. The van der Waals surface area contributed by atoms with Gasteiger partial charge in [-0.05, 0) is 29.8 Å². The van der Waals surface area contributed by atoms with Crippen molar-refractivity contribution in [2.24, 2.45) is 0 Å². The third-order valence-electron chi connectivity index (χ3n) is 3.57. The second-order valence-corrected chi connectivity index (χ2v) is 5.70. The SMILES string of the molecule is CN(Cc1ccccc1)C(=O)c1ccc(-c2ccccc2Cl)o1. The average Bonchev–Trinajstić information content (AvgIpc) is 3.05. The first-order chi connectivity index (χ1) is 11.1. The van der Waals surface area contributed by atoms with Crippen LogP contribution in [0.15, 0.2) is 71.1 Å². The summed E-state index contributed by atoms with van der Waals surface area (Å²) in [6.07, 6.45) is 0. The number of benzene rings is 2. The van der Waals surface area contributed by atoms with Gasteiger partial charge in [-0.1, -0.05) is 54.1 Å². The van der Waals surface area contributed by atoms with Gasteiger partial charge in [0.05, 0.1) is 5.02 Å². The fraction of sp³-hybridized carbons (Fsp3) is 0.105. The van der Waals surface area contributed by atoms with Crippen LogP contribution in [0.4, 0.5) is 0 Å². The molecule has 2 aromatic carbocycles. The normalized spacial score (nSPS) is 10.5. The number of carbonyl (C=O) groups is 1.